The van der Waals surface area contributed by atoms with Crippen LogP contribution >= 0.6 is 7.92 Å². The molecule has 2 nitrogen and oxygen atoms in total. The molecule has 0 amide bonds. The van der Waals surface area contributed by atoms with Crippen LogP contribution in [0.15, 0.2) is 77.2 Å². The monoisotopic (exact) mass is 409 g/mol. The summed E-state index contributed by atoms with van der Waals surface area (Å²) in [7, 11) is -1.58. The van der Waals surface area contributed by atoms with Crippen LogP contribution in [0.5, 0.6) is 0 Å². The normalized spacial score (nSPS) is 13.0. The van der Waals surface area contributed by atoms with Crippen molar-refractivity contribution in [3.8, 4) is 0 Å². The van der Waals surface area contributed by atoms with Gasteiger partial charge in [0.15, 0.2) is 0 Å². The SMILES string of the molecule is Cc1ccc(C(C[Si](C)(C)C)NCCP(c2ccccc2)c2ccccc2)o1. The van der Waals surface area contributed by atoms with E-state index >= 15 is 0 Å². The summed E-state index contributed by atoms with van der Waals surface area (Å²) < 4.78 is 5.98. The lowest BCUT2D eigenvalue weighted by molar-refractivity contribution is 0.420. The Labute approximate surface area is 172 Å². The Morgan fingerprint density at radius 1 is 0.857 bits per heavy atom. The molecular formula is C24H32NOPSi. The predicted octanol–water partition coefficient (Wildman–Crippen LogP) is 5.69. The van der Waals surface area contributed by atoms with E-state index in [-0.39, 0.29) is 7.92 Å². The Morgan fingerprint density at radius 3 is 1.89 bits per heavy atom. The number of aryl methyl sites for hydroxylation is 1. The van der Waals surface area contributed by atoms with Gasteiger partial charge in [-0.1, -0.05) is 80.3 Å². The highest BCUT2D eigenvalue weighted by atomic mass is 31.1. The van der Waals surface area contributed by atoms with Gasteiger partial charge in [0.05, 0.1) is 6.04 Å². The molecule has 0 radical (unpaired) electrons. The van der Waals surface area contributed by atoms with Crippen LogP contribution in [0.4, 0.5) is 0 Å². The molecule has 28 heavy (non-hydrogen) atoms. The molecule has 4 heteroatoms. The Morgan fingerprint density at radius 2 is 1.43 bits per heavy atom. The topological polar surface area (TPSA) is 25.2 Å². The molecule has 0 aliphatic rings. The Bertz CT molecular complexity index is 802. The first-order valence-electron chi connectivity index (χ1n) is 10.1. The van der Waals surface area contributed by atoms with Gasteiger partial charge >= 0.3 is 0 Å². The van der Waals surface area contributed by atoms with Crippen LogP contribution in [0, 0.1) is 6.92 Å². The minimum atomic E-state index is -1.22. The van der Waals surface area contributed by atoms with Crippen LogP contribution in [-0.4, -0.2) is 20.8 Å². The lowest BCUT2D eigenvalue weighted by Crippen LogP contribution is -2.32. The molecule has 0 spiro atoms. The maximum absolute atomic E-state index is 5.98. The van der Waals surface area contributed by atoms with Gasteiger partial charge in [0.1, 0.15) is 11.5 Å². The minimum absolute atomic E-state index is 0.309. The van der Waals surface area contributed by atoms with Crippen molar-refractivity contribution in [2.24, 2.45) is 0 Å². The predicted molar refractivity (Wildman–Crippen MR) is 126 cm³/mol. The Hall–Kier alpha value is -1.67. The highest BCUT2D eigenvalue weighted by molar-refractivity contribution is 7.73. The van der Waals surface area contributed by atoms with Crippen molar-refractivity contribution in [3.05, 3.63) is 84.3 Å². The zero-order valence-electron chi connectivity index (χ0n) is 17.5. The summed E-state index contributed by atoms with van der Waals surface area (Å²) in [6.45, 7) is 10.3. The number of rotatable bonds is 9. The molecule has 1 aromatic heterocycles. The van der Waals surface area contributed by atoms with E-state index in [1.54, 1.807) is 0 Å². The molecule has 1 atom stereocenters. The maximum Gasteiger partial charge on any atom is 0.120 e. The standard InChI is InChI=1S/C24H32NOPSi/c1-20-15-16-24(26-20)23(19-28(2,3)4)25-17-18-27(21-11-7-5-8-12-21)22-13-9-6-10-14-22/h5-16,23,25H,17-19H2,1-4H3. The summed E-state index contributed by atoms with van der Waals surface area (Å²) in [4.78, 5) is 0. The van der Waals surface area contributed by atoms with Crippen LogP contribution in [0.2, 0.25) is 25.7 Å². The molecule has 1 heterocycles. The molecule has 0 bridgehead atoms. The zero-order valence-corrected chi connectivity index (χ0v) is 19.4. The summed E-state index contributed by atoms with van der Waals surface area (Å²) in [5, 5.41) is 6.72. The van der Waals surface area contributed by atoms with E-state index in [9.17, 15) is 0 Å². The minimum Gasteiger partial charge on any atom is -0.465 e. The van der Waals surface area contributed by atoms with Crippen LogP contribution in [0.3, 0.4) is 0 Å². The second-order valence-electron chi connectivity index (χ2n) is 8.54. The number of nitrogens with one attached hydrogen (secondary N) is 1. The Kier molecular flexibility index (Phi) is 7.28. The number of hydrogen-bond acceptors (Lipinski definition) is 2. The van der Waals surface area contributed by atoms with E-state index in [2.05, 4.69) is 97.8 Å². The van der Waals surface area contributed by atoms with Gasteiger partial charge in [-0.15, -0.1) is 0 Å². The van der Waals surface area contributed by atoms with E-state index in [0.29, 0.717) is 6.04 Å². The average molecular weight is 410 g/mol. The fraction of sp³-hybridized carbons (Fsp3) is 0.333. The van der Waals surface area contributed by atoms with Gasteiger partial charge in [-0.05, 0) is 49.8 Å². The van der Waals surface area contributed by atoms with E-state index in [1.807, 2.05) is 6.92 Å². The summed E-state index contributed by atoms with van der Waals surface area (Å²) in [5.41, 5.74) is 0. The number of hydrogen-bond donors (Lipinski definition) is 1. The van der Waals surface area contributed by atoms with Gasteiger partial charge in [0, 0.05) is 14.6 Å². The largest absolute Gasteiger partial charge is 0.465 e. The summed E-state index contributed by atoms with van der Waals surface area (Å²) >= 11 is 0. The third-order valence-electron chi connectivity index (χ3n) is 4.78. The fourth-order valence-corrected chi connectivity index (χ4v) is 7.30. The summed E-state index contributed by atoms with van der Waals surface area (Å²) in [5.74, 6) is 2.08. The second-order valence-corrected chi connectivity index (χ2v) is 16.4. The first kappa shape index (κ1) is 21.0. The fourth-order valence-electron chi connectivity index (χ4n) is 3.50. The van der Waals surface area contributed by atoms with Crippen molar-refractivity contribution >= 4 is 26.6 Å². The molecule has 0 aliphatic heterocycles. The molecule has 3 rings (SSSR count). The molecule has 0 aliphatic carbocycles. The van der Waals surface area contributed by atoms with Crippen molar-refractivity contribution in [1.29, 1.82) is 0 Å². The molecule has 1 unspecified atom stereocenters. The van der Waals surface area contributed by atoms with Crippen LogP contribution in [-0.2, 0) is 0 Å². The van der Waals surface area contributed by atoms with Gasteiger partial charge < -0.3 is 9.73 Å². The first-order valence-corrected chi connectivity index (χ1v) is 15.3. The highest BCUT2D eigenvalue weighted by Gasteiger charge is 2.24. The van der Waals surface area contributed by atoms with Crippen molar-refractivity contribution in [3.63, 3.8) is 0 Å². The van der Waals surface area contributed by atoms with Gasteiger partial charge in [-0.25, -0.2) is 0 Å². The van der Waals surface area contributed by atoms with Crippen LogP contribution in [0.25, 0.3) is 0 Å². The van der Waals surface area contributed by atoms with Crippen molar-refractivity contribution in [1.82, 2.24) is 5.32 Å². The van der Waals surface area contributed by atoms with E-state index in [1.165, 1.54) is 16.7 Å². The van der Waals surface area contributed by atoms with E-state index in [0.717, 1.165) is 24.2 Å². The number of benzene rings is 2. The zero-order chi connectivity index (χ0) is 20.0. The van der Waals surface area contributed by atoms with Gasteiger partial charge in [0.2, 0.25) is 0 Å². The third-order valence-corrected chi connectivity index (χ3v) is 8.93. The first-order chi connectivity index (χ1) is 13.4. The second kappa shape index (κ2) is 9.69. The average Bonchev–Trinajstić information content (AvgIpc) is 3.11. The van der Waals surface area contributed by atoms with Crippen molar-refractivity contribution in [2.45, 2.75) is 38.7 Å². The van der Waals surface area contributed by atoms with Gasteiger partial charge in [-0.3, -0.25) is 0 Å². The van der Waals surface area contributed by atoms with E-state index in [4.69, 9.17) is 4.42 Å². The molecule has 148 valence electrons. The maximum atomic E-state index is 5.98. The molecule has 0 saturated carbocycles. The number of furan rings is 1. The highest BCUT2D eigenvalue weighted by Crippen LogP contribution is 2.33. The smallest absolute Gasteiger partial charge is 0.120 e. The molecular weight excluding hydrogens is 377 g/mol. The van der Waals surface area contributed by atoms with Crippen LogP contribution in [0.1, 0.15) is 17.6 Å². The molecule has 0 fully saturated rings. The lowest BCUT2D eigenvalue weighted by atomic mass is 10.2. The van der Waals surface area contributed by atoms with Crippen molar-refractivity contribution < 1.29 is 4.42 Å². The molecule has 1 N–H and O–H groups in total. The third kappa shape index (κ3) is 6.17. The summed E-state index contributed by atoms with van der Waals surface area (Å²) in [6, 6.07) is 27.6. The Balaban J connectivity index is 1.72. The van der Waals surface area contributed by atoms with Gasteiger partial charge in [0.25, 0.3) is 0 Å². The molecule has 3 aromatic rings. The quantitative estimate of drug-likeness (QED) is 0.363. The molecule has 0 saturated heterocycles. The van der Waals surface area contributed by atoms with Crippen molar-refractivity contribution in [2.75, 3.05) is 12.7 Å². The van der Waals surface area contributed by atoms with Crippen LogP contribution < -0.4 is 15.9 Å². The van der Waals surface area contributed by atoms with E-state index < -0.39 is 8.07 Å². The summed E-state index contributed by atoms with van der Waals surface area (Å²) in [6.07, 6.45) is 1.13. The lowest BCUT2D eigenvalue weighted by Gasteiger charge is -2.26. The van der Waals surface area contributed by atoms with Gasteiger partial charge in [-0.2, -0.15) is 0 Å². The molecule has 2 aromatic carbocycles.